The standard InChI is InChI=1S/C13H17F3N2/c1-10-2-3-11(12(8-10)13(14,15)16)9-18-6-4-17-5-7-18/h2-3,8,17H,4-7,9H2,1H3. The van der Waals surface area contributed by atoms with E-state index in [1.165, 1.54) is 6.07 Å². The van der Waals surface area contributed by atoms with Crippen molar-refractivity contribution in [1.29, 1.82) is 0 Å². The zero-order valence-electron chi connectivity index (χ0n) is 10.3. The Hall–Kier alpha value is -1.07. The molecule has 1 fully saturated rings. The fourth-order valence-corrected chi connectivity index (χ4v) is 2.20. The molecule has 1 aliphatic rings. The van der Waals surface area contributed by atoms with E-state index in [1.807, 2.05) is 0 Å². The number of nitrogens with zero attached hydrogens (tertiary/aromatic N) is 1. The van der Waals surface area contributed by atoms with Gasteiger partial charge in [0.1, 0.15) is 0 Å². The van der Waals surface area contributed by atoms with Gasteiger partial charge in [-0.1, -0.05) is 17.7 Å². The Morgan fingerprint density at radius 2 is 1.89 bits per heavy atom. The molecular formula is C13H17F3N2. The van der Waals surface area contributed by atoms with Crippen LogP contribution in [0.5, 0.6) is 0 Å². The van der Waals surface area contributed by atoms with Gasteiger partial charge in [-0.15, -0.1) is 0 Å². The van der Waals surface area contributed by atoms with Gasteiger partial charge < -0.3 is 5.32 Å². The molecule has 5 heteroatoms. The molecule has 1 N–H and O–H groups in total. The van der Waals surface area contributed by atoms with E-state index >= 15 is 0 Å². The van der Waals surface area contributed by atoms with Gasteiger partial charge in [-0.2, -0.15) is 13.2 Å². The number of hydrogen-bond acceptors (Lipinski definition) is 2. The van der Waals surface area contributed by atoms with Crippen LogP contribution < -0.4 is 5.32 Å². The molecule has 0 atom stereocenters. The zero-order valence-corrected chi connectivity index (χ0v) is 10.3. The van der Waals surface area contributed by atoms with Crippen LogP contribution >= 0.6 is 0 Å². The summed E-state index contributed by atoms with van der Waals surface area (Å²) >= 11 is 0. The molecule has 0 saturated carbocycles. The van der Waals surface area contributed by atoms with E-state index in [1.54, 1.807) is 19.1 Å². The van der Waals surface area contributed by atoms with Crippen LogP contribution in [0.15, 0.2) is 18.2 Å². The van der Waals surface area contributed by atoms with Gasteiger partial charge in [0.15, 0.2) is 0 Å². The third-order valence-electron chi connectivity index (χ3n) is 3.17. The lowest BCUT2D eigenvalue weighted by atomic mass is 10.0. The van der Waals surface area contributed by atoms with Crippen molar-refractivity contribution in [2.75, 3.05) is 26.2 Å². The highest BCUT2D eigenvalue weighted by atomic mass is 19.4. The Morgan fingerprint density at radius 3 is 2.50 bits per heavy atom. The summed E-state index contributed by atoms with van der Waals surface area (Å²) in [5.41, 5.74) is 0.516. The minimum absolute atomic E-state index is 0.370. The molecule has 1 heterocycles. The molecule has 2 rings (SSSR count). The average molecular weight is 258 g/mol. The van der Waals surface area contributed by atoms with E-state index in [0.29, 0.717) is 17.7 Å². The predicted molar refractivity (Wildman–Crippen MR) is 64.3 cm³/mol. The van der Waals surface area contributed by atoms with Gasteiger partial charge in [0, 0.05) is 32.7 Å². The van der Waals surface area contributed by atoms with E-state index in [9.17, 15) is 13.2 Å². The van der Waals surface area contributed by atoms with Crippen LogP contribution in [0.1, 0.15) is 16.7 Å². The lowest BCUT2D eigenvalue weighted by Gasteiger charge is -2.28. The third-order valence-corrected chi connectivity index (χ3v) is 3.17. The van der Waals surface area contributed by atoms with E-state index in [2.05, 4.69) is 10.2 Å². The van der Waals surface area contributed by atoms with Gasteiger partial charge >= 0.3 is 6.18 Å². The highest BCUT2D eigenvalue weighted by Gasteiger charge is 2.33. The van der Waals surface area contributed by atoms with Crippen molar-refractivity contribution in [2.24, 2.45) is 0 Å². The number of rotatable bonds is 2. The summed E-state index contributed by atoms with van der Waals surface area (Å²) < 4.78 is 38.9. The SMILES string of the molecule is Cc1ccc(CN2CCNCC2)c(C(F)(F)F)c1. The molecule has 0 aliphatic carbocycles. The maximum absolute atomic E-state index is 13.0. The third kappa shape index (κ3) is 3.23. The van der Waals surface area contributed by atoms with Crippen molar-refractivity contribution >= 4 is 0 Å². The quantitative estimate of drug-likeness (QED) is 0.876. The number of aryl methyl sites for hydroxylation is 1. The smallest absolute Gasteiger partial charge is 0.314 e. The first-order valence-electron chi connectivity index (χ1n) is 6.06. The predicted octanol–water partition coefficient (Wildman–Crippen LogP) is 2.42. The van der Waals surface area contributed by atoms with Crippen LogP contribution in [-0.4, -0.2) is 31.1 Å². The number of halogens is 3. The Balaban J connectivity index is 2.21. The zero-order chi connectivity index (χ0) is 13.2. The molecule has 1 aliphatic heterocycles. The molecule has 100 valence electrons. The lowest BCUT2D eigenvalue weighted by molar-refractivity contribution is -0.138. The first-order chi connectivity index (χ1) is 8.47. The fourth-order valence-electron chi connectivity index (χ4n) is 2.20. The van der Waals surface area contributed by atoms with E-state index < -0.39 is 11.7 Å². The summed E-state index contributed by atoms with van der Waals surface area (Å²) in [6, 6.07) is 4.57. The first kappa shape index (κ1) is 13.4. The molecule has 0 bridgehead atoms. The Labute approximate surface area is 105 Å². The molecule has 18 heavy (non-hydrogen) atoms. The highest BCUT2D eigenvalue weighted by molar-refractivity contribution is 5.33. The number of hydrogen-bond donors (Lipinski definition) is 1. The molecule has 1 aromatic carbocycles. The average Bonchev–Trinajstić information content (AvgIpc) is 2.31. The summed E-state index contributed by atoms with van der Waals surface area (Å²) in [7, 11) is 0. The van der Waals surface area contributed by atoms with Gasteiger partial charge in [-0.05, 0) is 18.6 Å². The molecular weight excluding hydrogens is 241 g/mol. The van der Waals surface area contributed by atoms with Gasteiger partial charge in [-0.3, -0.25) is 4.90 Å². The minimum atomic E-state index is -4.27. The molecule has 0 amide bonds. The van der Waals surface area contributed by atoms with Gasteiger partial charge in [0.05, 0.1) is 5.56 Å². The van der Waals surface area contributed by atoms with Crippen molar-refractivity contribution in [3.05, 3.63) is 34.9 Å². The Kier molecular flexibility index (Phi) is 3.92. The van der Waals surface area contributed by atoms with Crippen molar-refractivity contribution in [3.63, 3.8) is 0 Å². The second-order valence-corrected chi connectivity index (χ2v) is 4.68. The molecule has 2 nitrogen and oxygen atoms in total. The van der Waals surface area contributed by atoms with Crippen molar-refractivity contribution in [2.45, 2.75) is 19.6 Å². The molecule has 1 aromatic rings. The molecule has 0 unspecified atom stereocenters. The van der Waals surface area contributed by atoms with E-state index in [0.717, 1.165) is 26.2 Å². The second-order valence-electron chi connectivity index (χ2n) is 4.68. The van der Waals surface area contributed by atoms with Crippen LogP contribution in [0, 0.1) is 6.92 Å². The summed E-state index contributed by atoms with van der Waals surface area (Å²) in [5.74, 6) is 0. The number of nitrogens with one attached hydrogen (secondary N) is 1. The lowest BCUT2D eigenvalue weighted by Crippen LogP contribution is -2.43. The first-order valence-corrected chi connectivity index (χ1v) is 6.06. The number of piperazine rings is 1. The largest absolute Gasteiger partial charge is 0.416 e. The fraction of sp³-hybridized carbons (Fsp3) is 0.538. The normalized spacial score (nSPS) is 18.0. The van der Waals surface area contributed by atoms with Crippen molar-refractivity contribution < 1.29 is 13.2 Å². The summed E-state index contributed by atoms with van der Waals surface area (Å²) in [6.45, 7) is 5.33. The van der Waals surface area contributed by atoms with E-state index in [-0.39, 0.29) is 0 Å². The minimum Gasteiger partial charge on any atom is -0.314 e. The Bertz CT molecular complexity index is 409. The van der Waals surface area contributed by atoms with Gasteiger partial charge in [0.2, 0.25) is 0 Å². The molecule has 1 saturated heterocycles. The molecule has 0 radical (unpaired) electrons. The number of benzene rings is 1. The van der Waals surface area contributed by atoms with Gasteiger partial charge in [0.25, 0.3) is 0 Å². The monoisotopic (exact) mass is 258 g/mol. The van der Waals surface area contributed by atoms with Crippen LogP contribution in [0.3, 0.4) is 0 Å². The number of alkyl halides is 3. The highest BCUT2D eigenvalue weighted by Crippen LogP contribution is 2.33. The van der Waals surface area contributed by atoms with Gasteiger partial charge in [-0.25, -0.2) is 0 Å². The maximum Gasteiger partial charge on any atom is 0.416 e. The molecule has 0 aromatic heterocycles. The van der Waals surface area contributed by atoms with Crippen LogP contribution in [0.25, 0.3) is 0 Å². The molecule has 0 spiro atoms. The van der Waals surface area contributed by atoms with Crippen LogP contribution in [0.2, 0.25) is 0 Å². The van der Waals surface area contributed by atoms with Crippen molar-refractivity contribution in [3.8, 4) is 0 Å². The summed E-state index contributed by atoms with van der Waals surface area (Å²) in [5, 5.41) is 3.19. The van der Waals surface area contributed by atoms with Crippen molar-refractivity contribution in [1.82, 2.24) is 10.2 Å². The topological polar surface area (TPSA) is 15.3 Å². The summed E-state index contributed by atoms with van der Waals surface area (Å²) in [6.07, 6.45) is -4.27. The Morgan fingerprint density at radius 1 is 1.22 bits per heavy atom. The van der Waals surface area contributed by atoms with Crippen LogP contribution in [-0.2, 0) is 12.7 Å². The second kappa shape index (κ2) is 5.28. The summed E-state index contributed by atoms with van der Waals surface area (Å²) in [4.78, 5) is 2.05. The maximum atomic E-state index is 13.0. The van der Waals surface area contributed by atoms with Crippen LogP contribution in [0.4, 0.5) is 13.2 Å². The van der Waals surface area contributed by atoms with E-state index in [4.69, 9.17) is 0 Å².